The lowest BCUT2D eigenvalue weighted by Crippen LogP contribution is -2.28. The van der Waals surface area contributed by atoms with Crippen LogP contribution in [0.5, 0.6) is 0 Å². The highest BCUT2D eigenvalue weighted by Gasteiger charge is 2.07. The fourth-order valence-electron chi connectivity index (χ4n) is 1.01. The second-order valence-electron chi connectivity index (χ2n) is 3.11. The van der Waals surface area contributed by atoms with Gasteiger partial charge in [0, 0.05) is 5.02 Å². The van der Waals surface area contributed by atoms with E-state index in [1.54, 1.807) is 19.1 Å². The Kier molecular flexibility index (Phi) is 4.39. The largest absolute Gasteiger partial charge is 0.409 e. The van der Waals surface area contributed by atoms with Crippen LogP contribution in [-0.2, 0) is 11.3 Å². The molecule has 4 nitrogen and oxygen atoms in total. The maximum absolute atomic E-state index is 8.41. The molecule has 0 amide bonds. The van der Waals surface area contributed by atoms with Crippen LogP contribution >= 0.6 is 11.6 Å². The average Bonchev–Trinajstić information content (AvgIpc) is 2.25. The quantitative estimate of drug-likeness (QED) is 0.358. The van der Waals surface area contributed by atoms with Gasteiger partial charge in [-0.25, -0.2) is 0 Å². The smallest absolute Gasteiger partial charge is 0.168 e. The molecule has 0 aliphatic heterocycles. The molecule has 1 aromatic carbocycles. The maximum atomic E-state index is 8.41. The minimum absolute atomic E-state index is 0.0528. The minimum atomic E-state index is -0.422. The fourth-order valence-corrected chi connectivity index (χ4v) is 1.23. The first-order valence-electron chi connectivity index (χ1n) is 4.47. The minimum Gasteiger partial charge on any atom is -0.409 e. The molecule has 0 aliphatic carbocycles. The average molecular weight is 229 g/mol. The van der Waals surface area contributed by atoms with Crippen LogP contribution in [0.15, 0.2) is 29.4 Å². The van der Waals surface area contributed by atoms with E-state index in [9.17, 15) is 0 Å². The standard InChI is InChI=1S/C10H13ClN2O2/c1-7(10(12)13-14)15-6-8-3-2-4-9(11)5-8/h2-5,7,14H,6H2,1H3,(H2,12,13). The highest BCUT2D eigenvalue weighted by atomic mass is 35.5. The van der Waals surface area contributed by atoms with Gasteiger partial charge in [0.25, 0.3) is 0 Å². The number of benzene rings is 1. The van der Waals surface area contributed by atoms with Gasteiger partial charge >= 0.3 is 0 Å². The van der Waals surface area contributed by atoms with Gasteiger partial charge in [-0.1, -0.05) is 28.9 Å². The molecule has 1 unspecified atom stereocenters. The van der Waals surface area contributed by atoms with Crippen LogP contribution in [-0.4, -0.2) is 17.1 Å². The van der Waals surface area contributed by atoms with Crippen LogP contribution in [0.3, 0.4) is 0 Å². The van der Waals surface area contributed by atoms with E-state index in [-0.39, 0.29) is 5.84 Å². The molecule has 0 saturated carbocycles. The van der Waals surface area contributed by atoms with Crippen LogP contribution in [0, 0.1) is 0 Å². The Balaban J connectivity index is 2.50. The molecule has 0 aromatic heterocycles. The van der Waals surface area contributed by atoms with Gasteiger partial charge in [-0.05, 0) is 24.6 Å². The Morgan fingerprint density at radius 3 is 3.00 bits per heavy atom. The van der Waals surface area contributed by atoms with Crippen molar-refractivity contribution in [2.24, 2.45) is 10.9 Å². The first-order valence-corrected chi connectivity index (χ1v) is 4.84. The van der Waals surface area contributed by atoms with Gasteiger partial charge in [-0.15, -0.1) is 0 Å². The summed E-state index contributed by atoms with van der Waals surface area (Å²) in [4.78, 5) is 0. The molecule has 0 fully saturated rings. The third-order valence-electron chi connectivity index (χ3n) is 1.92. The summed E-state index contributed by atoms with van der Waals surface area (Å²) in [7, 11) is 0. The molecular formula is C10H13ClN2O2. The molecule has 0 spiro atoms. The molecule has 3 N–H and O–H groups in total. The summed E-state index contributed by atoms with van der Waals surface area (Å²) in [6.07, 6.45) is -0.422. The molecule has 0 saturated heterocycles. The summed E-state index contributed by atoms with van der Waals surface area (Å²) in [6, 6.07) is 7.33. The van der Waals surface area contributed by atoms with Crippen LogP contribution in [0.1, 0.15) is 12.5 Å². The topological polar surface area (TPSA) is 67.8 Å². The van der Waals surface area contributed by atoms with Gasteiger partial charge in [-0.3, -0.25) is 0 Å². The summed E-state index contributed by atoms with van der Waals surface area (Å²) in [6.45, 7) is 2.08. The molecular weight excluding hydrogens is 216 g/mol. The lowest BCUT2D eigenvalue weighted by molar-refractivity contribution is 0.0927. The van der Waals surface area contributed by atoms with Crippen LogP contribution in [0.2, 0.25) is 5.02 Å². The van der Waals surface area contributed by atoms with Crippen LogP contribution < -0.4 is 5.73 Å². The van der Waals surface area contributed by atoms with Gasteiger partial charge in [0.2, 0.25) is 0 Å². The molecule has 1 atom stereocenters. The molecule has 0 radical (unpaired) electrons. The zero-order valence-electron chi connectivity index (χ0n) is 8.35. The second-order valence-corrected chi connectivity index (χ2v) is 3.54. The first-order chi connectivity index (χ1) is 7.13. The van der Waals surface area contributed by atoms with E-state index in [0.717, 1.165) is 5.56 Å². The van der Waals surface area contributed by atoms with E-state index in [1.165, 1.54) is 0 Å². The van der Waals surface area contributed by atoms with Crippen molar-refractivity contribution in [3.63, 3.8) is 0 Å². The van der Waals surface area contributed by atoms with Crippen molar-refractivity contribution in [1.82, 2.24) is 0 Å². The molecule has 0 heterocycles. The third-order valence-corrected chi connectivity index (χ3v) is 2.16. The van der Waals surface area contributed by atoms with Crippen molar-refractivity contribution < 1.29 is 9.94 Å². The number of halogens is 1. The van der Waals surface area contributed by atoms with Gasteiger partial charge in [0.05, 0.1) is 6.61 Å². The van der Waals surface area contributed by atoms with E-state index >= 15 is 0 Å². The Bertz CT molecular complexity index is 355. The lowest BCUT2D eigenvalue weighted by Gasteiger charge is -2.11. The van der Waals surface area contributed by atoms with Crippen molar-refractivity contribution in [3.05, 3.63) is 34.9 Å². The van der Waals surface area contributed by atoms with Crippen LogP contribution in [0.25, 0.3) is 0 Å². The first kappa shape index (κ1) is 11.8. The van der Waals surface area contributed by atoms with Crippen molar-refractivity contribution in [2.75, 3.05) is 0 Å². The van der Waals surface area contributed by atoms with E-state index in [1.807, 2.05) is 12.1 Å². The predicted molar refractivity (Wildman–Crippen MR) is 59.1 cm³/mol. The predicted octanol–water partition coefficient (Wildman–Crippen LogP) is 1.99. The number of oxime groups is 1. The monoisotopic (exact) mass is 228 g/mol. The van der Waals surface area contributed by atoms with E-state index < -0.39 is 6.10 Å². The highest BCUT2D eigenvalue weighted by Crippen LogP contribution is 2.12. The SMILES string of the molecule is CC(OCc1cccc(Cl)c1)C(N)=NO. The van der Waals surface area contributed by atoms with E-state index in [0.29, 0.717) is 11.6 Å². The zero-order valence-corrected chi connectivity index (χ0v) is 9.11. The van der Waals surface area contributed by atoms with E-state index in [2.05, 4.69) is 5.16 Å². The molecule has 15 heavy (non-hydrogen) atoms. The Morgan fingerprint density at radius 2 is 2.40 bits per heavy atom. The number of hydrogen-bond acceptors (Lipinski definition) is 3. The number of nitrogens with zero attached hydrogens (tertiary/aromatic N) is 1. The lowest BCUT2D eigenvalue weighted by atomic mass is 10.2. The highest BCUT2D eigenvalue weighted by molar-refractivity contribution is 6.30. The number of rotatable bonds is 4. The van der Waals surface area contributed by atoms with Crippen molar-refractivity contribution in [2.45, 2.75) is 19.6 Å². The summed E-state index contributed by atoms with van der Waals surface area (Å²) in [5.74, 6) is 0.0528. The van der Waals surface area contributed by atoms with Gasteiger partial charge in [-0.2, -0.15) is 0 Å². The second kappa shape index (κ2) is 5.58. The summed E-state index contributed by atoms with van der Waals surface area (Å²) in [5.41, 5.74) is 6.30. The summed E-state index contributed by atoms with van der Waals surface area (Å²) in [5, 5.41) is 11.9. The van der Waals surface area contributed by atoms with Gasteiger partial charge in [0.15, 0.2) is 5.84 Å². The Morgan fingerprint density at radius 1 is 1.67 bits per heavy atom. The Labute approximate surface area is 93.3 Å². The fraction of sp³-hybridized carbons (Fsp3) is 0.300. The van der Waals surface area contributed by atoms with Gasteiger partial charge in [0.1, 0.15) is 6.10 Å². The van der Waals surface area contributed by atoms with Crippen molar-refractivity contribution in [3.8, 4) is 0 Å². The van der Waals surface area contributed by atoms with Crippen molar-refractivity contribution >= 4 is 17.4 Å². The molecule has 5 heteroatoms. The normalized spacial score (nSPS) is 13.9. The summed E-state index contributed by atoms with van der Waals surface area (Å²) >= 11 is 5.81. The number of ether oxygens (including phenoxy) is 1. The molecule has 1 rings (SSSR count). The van der Waals surface area contributed by atoms with Crippen LogP contribution in [0.4, 0.5) is 0 Å². The summed E-state index contributed by atoms with van der Waals surface area (Å²) < 4.78 is 5.36. The van der Waals surface area contributed by atoms with Gasteiger partial charge < -0.3 is 15.7 Å². The molecule has 82 valence electrons. The molecule has 0 aliphatic rings. The number of hydrogen-bond donors (Lipinski definition) is 2. The maximum Gasteiger partial charge on any atom is 0.168 e. The third kappa shape index (κ3) is 3.77. The zero-order chi connectivity index (χ0) is 11.3. The molecule has 0 bridgehead atoms. The molecule has 1 aromatic rings. The van der Waals surface area contributed by atoms with Crippen molar-refractivity contribution in [1.29, 1.82) is 0 Å². The van der Waals surface area contributed by atoms with E-state index in [4.69, 9.17) is 27.3 Å². The number of amidine groups is 1. The Hall–Kier alpha value is -1.26. The number of nitrogens with two attached hydrogens (primary N) is 1.